The van der Waals surface area contributed by atoms with Crippen molar-refractivity contribution in [2.75, 3.05) is 13.7 Å². The van der Waals surface area contributed by atoms with Gasteiger partial charge in [0.15, 0.2) is 21.9 Å². The lowest BCUT2D eigenvalue weighted by molar-refractivity contribution is 0.0601. The fourth-order valence-electron chi connectivity index (χ4n) is 3.04. The molecule has 8 heteroatoms. The van der Waals surface area contributed by atoms with Crippen LogP contribution in [0.1, 0.15) is 27.8 Å². The number of hydrogen-bond acceptors (Lipinski definition) is 6. The first-order valence-electron chi connectivity index (χ1n) is 8.94. The molecule has 0 radical (unpaired) electrons. The van der Waals surface area contributed by atoms with E-state index in [1.165, 1.54) is 18.4 Å². The van der Waals surface area contributed by atoms with Crippen LogP contribution in [0.15, 0.2) is 51.9 Å². The van der Waals surface area contributed by atoms with Gasteiger partial charge in [0.25, 0.3) is 0 Å². The molecule has 0 N–H and O–H groups in total. The van der Waals surface area contributed by atoms with Crippen molar-refractivity contribution in [3.8, 4) is 5.75 Å². The Morgan fingerprint density at radius 2 is 2.03 bits per heavy atom. The number of nitrogens with zero attached hydrogens (tertiary/aromatic N) is 2. The number of thiazole rings is 1. The Bertz CT molecular complexity index is 1310. The van der Waals surface area contributed by atoms with Crippen LogP contribution in [0.5, 0.6) is 5.75 Å². The van der Waals surface area contributed by atoms with Crippen LogP contribution in [0.4, 0.5) is 0 Å². The van der Waals surface area contributed by atoms with E-state index in [2.05, 4.69) is 4.99 Å². The molecule has 0 atom stereocenters. The van der Waals surface area contributed by atoms with Gasteiger partial charge in [-0.1, -0.05) is 23.5 Å². The number of methoxy groups -OCH3 is 1. The Morgan fingerprint density at radius 3 is 2.79 bits per heavy atom. The first-order valence-corrected chi connectivity index (χ1v) is 9.75. The van der Waals surface area contributed by atoms with Crippen molar-refractivity contribution in [3.63, 3.8) is 0 Å². The standard InChI is InChI=1S/C21H18N2O5S/c1-4-27-15-7-5-6-12-10-16(28-18(12)15)19(24)22-21-23(2)14-9-8-13(20(25)26-3)11-17(14)29-21/h5-11H,4H2,1-3H3. The second kappa shape index (κ2) is 7.56. The lowest BCUT2D eigenvalue weighted by Gasteiger charge is -2.01. The number of carbonyl (C=O) groups excluding carboxylic acids is 2. The molecule has 1 amide bonds. The van der Waals surface area contributed by atoms with E-state index in [4.69, 9.17) is 13.9 Å². The summed E-state index contributed by atoms with van der Waals surface area (Å²) in [5.41, 5.74) is 1.83. The third-order valence-electron chi connectivity index (χ3n) is 4.45. The molecule has 2 heterocycles. The Balaban J connectivity index is 1.75. The number of carbonyl (C=O) groups is 2. The zero-order chi connectivity index (χ0) is 20.5. The number of ether oxygens (including phenoxy) is 2. The smallest absolute Gasteiger partial charge is 0.337 e. The van der Waals surface area contributed by atoms with Crippen LogP contribution in [0, 0.1) is 0 Å². The Kier molecular flexibility index (Phi) is 4.94. The molecule has 2 aromatic heterocycles. The quantitative estimate of drug-likeness (QED) is 0.476. The van der Waals surface area contributed by atoms with E-state index in [1.807, 2.05) is 26.1 Å². The van der Waals surface area contributed by atoms with E-state index in [0.29, 0.717) is 28.3 Å². The van der Waals surface area contributed by atoms with Gasteiger partial charge in [-0.3, -0.25) is 4.79 Å². The predicted octanol–water partition coefficient (Wildman–Crippen LogP) is 3.91. The molecule has 4 aromatic rings. The average Bonchev–Trinajstić information content (AvgIpc) is 3.30. The van der Waals surface area contributed by atoms with Gasteiger partial charge in [0.1, 0.15) is 0 Å². The second-order valence-corrected chi connectivity index (χ2v) is 7.26. The fourth-order valence-corrected chi connectivity index (χ4v) is 4.09. The van der Waals surface area contributed by atoms with Gasteiger partial charge in [-0.15, -0.1) is 0 Å². The minimum atomic E-state index is -0.487. The fraction of sp³-hybridized carbons (Fsp3) is 0.190. The zero-order valence-electron chi connectivity index (χ0n) is 16.1. The van der Waals surface area contributed by atoms with E-state index in [9.17, 15) is 9.59 Å². The van der Waals surface area contributed by atoms with Crippen molar-refractivity contribution in [1.82, 2.24) is 4.57 Å². The molecular weight excluding hydrogens is 392 g/mol. The van der Waals surface area contributed by atoms with Crippen LogP contribution in [-0.2, 0) is 11.8 Å². The maximum absolute atomic E-state index is 12.7. The Morgan fingerprint density at radius 1 is 1.21 bits per heavy atom. The maximum atomic E-state index is 12.7. The van der Waals surface area contributed by atoms with Crippen LogP contribution in [-0.4, -0.2) is 30.2 Å². The molecule has 0 spiro atoms. The molecule has 4 rings (SSSR count). The highest BCUT2D eigenvalue weighted by molar-refractivity contribution is 7.16. The van der Waals surface area contributed by atoms with Gasteiger partial charge in [0.2, 0.25) is 0 Å². The van der Waals surface area contributed by atoms with Crippen molar-refractivity contribution in [2.45, 2.75) is 6.92 Å². The summed E-state index contributed by atoms with van der Waals surface area (Å²) in [5, 5.41) is 0.776. The predicted molar refractivity (Wildman–Crippen MR) is 109 cm³/mol. The van der Waals surface area contributed by atoms with Crippen molar-refractivity contribution < 1.29 is 23.5 Å². The number of hydrogen-bond donors (Lipinski definition) is 0. The van der Waals surface area contributed by atoms with Crippen LogP contribution < -0.4 is 9.54 Å². The summed E-state index contributed by atoms with van der Waals surface area (Å²) >= 11 is 1.31. The van der Waals surface area contributed by atoms with E-state index in [1.54, 1.807) is 34.9 Å². The molecule has 148 valence electrons. The highest BCUT2D eigenvalue weighted by atomic mass is 32.1. The molecule has 0 aliphatic heterocycles. The van der Waals surface area contributed by atoms with Gasteiger partial charge >= 0.3 is 11.9 Å². The van der Waals surface area contributed by atoms with Crippen molar-refractivity contribution in [2.24, 2.45) is 12.0 Å². The van der Waals surface area contributed by atoms with Crippen LogP contribution in [0.2, 0.25) is 0 Å². The Hall–Kier alpha value is -3.39. The van der Waals surface area contributed by atoms with Crippen molar-refractivity contribution in [1.29, 1.82) is 0 Å². The minimum Gasteiger partial charge on any atom is -0.490 e. The minimum absolute atomic E-state index is 0.139. The maximum Gasteiger partial charge on any atom is 0.337 e. The number of aromatic nitrogens is 1. The number of benzene rings is 2. The van der Waals surface area contributed by atoms with Crippen molar-refractivity contribution in [3.05, 3.63) is 58.6 Å². The number of rotatable bonds is 4. The number of para-hydroxylation sites is 1. The molecule has 0 saturated heterocycles. The molecule has 29 heavy (non-hydrogen) atoms. The summed E-state index contributed by atoms with van der Waals surface area (Å²) in [6, 6.07) is 12.4. The molecule has 7 nitrogen and oxygen atoms in total. The lowest BCUT2D eigenvalue weighted by atomic mass is 10.2. The third kappa shape index (κ3) is 3.42. The second-order valence-electron chi connectivity index (χ2n) is 6.25. The van der Waals surface area contributed by atoms with Gasteiger partial charge in [-0.25, -0.2) is 4.79 Å². The average molecular weight is 410 g/mol. The first-order chi connectivity index (χ1) is 14.0. The third-order valence-corrected chi connectivity index (χ3v) is 5.54. The summed E-state index contributed by atoms with van der Waals surface area (Å²) in [5.74, 6) is -0.171. The van der Waals surface area contributed by atoms with E-state index < -0.39 is 11.9 Å². The van der Waals surface area contributed by atoms with E-state index in [0.717, 1.165) is 15.6 Å². The normalized spacial score (nSPS) is 11.9. The number of fused-ring (bicyclic) bond motifs is 2. The number of esters is 1. The highest BCUT2D eigenvalue weighted by Crippen LogP contribution is 2.29. The molecule has 2 aromatic carbocycles. The van der Waals surface area contributed by atoms with Gasteiger partial charge in [-0.2, -0.15) is 4.99 Å². The summed E-state index contributed by atoms with van der Waals surface area (Å²) in [7, 11) is 3.15. The molecule has 0 fully saturated rings. The lowest BCUT2D eigenvalue weighted by Crippen LogP contribution is -2.13. The highest BCUT2D eigenvalue weighted by Gasteiger charge is 2.16. The molecule has 0 aliphatic rings. The van der Waals surface area contributed by atoms with Crippen LogP contribution in [0.25, 0.3) is 21.2 Å². The molecule has 0 aliphatic carbocycles. The number of furan rings is 1. The van der Waals surface area contributed by atoms with Crippen LogP contribution >= 0.6 is 11.3 Å². The van der Waals surface area contributed by atoms with Gasteiger partial charge in [0.05, 0.1) is 29.5 Å². The van der Waals surface area contributed by atoms with Crippen molar-refractivity contribution >= 4 is 44.4 Å². The Labute approximate surface area is 169 Å². The summed E-state index contributed by atoms with van der Waals surface area (Å²) in [4.78, 5) is 29.2. The van der Waals surface area contributed by atoms with Crippen LogP contribution in [0.3, 0.4) is 0 Å². The number of amides is 1. The largest absolute Gasteiger partial charge is 0.490 e. The molecule has 0 bridgehead atoms. The van der Waals surface area contributed by atoms with Gasteiger partial charge in [-0.05, 0) is 37.3 Å². The summed E-state index contributed by atoms with van der Waals surface area (Å²) in [6.07, 6.45) is 0. The summed E-state index contributed by atoms with van der Waals surface area (Å²) in [6.45, 7) is 2.38. The van der Waals surface area contributed by atoms with E-state index >= 15 is 0 Å². The first kappa shape index (κ1) is 18.9. The molecule has 0 unspecified atom stereocenters. The van der Waals surface area contributed by atoms with Gasteiger partial charge in [0, 0.05) is 12.4 Å². The SMILES string of the molecule is CCOc1cccc2cc(C(=O)N=c3sc4cc(C(=O)OC)ccc4n3C)oc12. The topological polar surface area (TPSA) is 83.0 Å². The van der Waals surface area contributed by atoms with Gasteiger partial charge < -0.3 is 18.5 Å². The number of aryl methyl sites for hydroxylation is 1. The zero-order valence-corrected chi connectivity index (χ0v) is 16.9. The van der Waals surface area contributed by atoms with E-state index in [-0.39, 0.29) is 5.76 Å². The molecule has 0 saturated carbocycles. The monoisotopic (exact) mass is 410 g/mol. The summed E-state index contributed by atoms with van der Waals surface area (Å²) < 4.78 is 18.7. The molecular formula is C21H18N2O5S.